The molecule has 3 aromatic carbocycles. The molecule has 21 heavy (non-hydrogen) atoms. The summed E-state index contributed by atoms with van der Waals surface area (Å²) in [5.41, 5.74) is 4.09. The van der Waals surface area contributed by atoms with E-state index in [0.29, 0.717) is 0 Å². The molecule has 3 heteroatoms. The summed E-state index contributed by atoms with van der Waals surface area (Å²) in [5, 5.41) is 0. The number of benzene rings is 3. The largest absolute Gasteiger partial charge is 0.248 e. The minimum Gasteiger partial charge on any atom is -0.248 e. The van der Waals surface area contributed by atoms with Gasteiger partial charge in [0.25, 0.3) is 0 Å². The van der Waals surface area contributed by atoms with Crippen LogP contribution in [0.3, 0.4) is 0 Å². The Morgan fingerprint density at radius 3 is 1.24 bits per heavy atom. The van der Waals surface area contributed by atoms with E-state index in [0.717, 1.165) is 22.3 Å². The van der Waals surface area contributed by atoms with Crippen LogP contribution in [0.25, 0.3) is 22.3 Å². The van der Waals surface area contributed by atoms with Gasteiger partial charge in [0.05, 0.1) is 0 Å². The second-order valence-corrected chi connectivity index (χ2v) is 3.92. The maximum Gasteiger partial charge on any atom is 0 e. The first-order valence-electron chi connectivity index (χ1n) is 5.82. The second kappa shape index (κ2) is 11.5. The van der Waals surface area contributed by atoms with Crippen molar-refractivity contribution in [1.82, 2.24) is 0 Å². The van der Waals surface area contributed by atoms with Crippen molar-refractivity contribution >= 4 is 0 Å². The third kappa shape index (κ3) is 5.83. The Hall–Kier alpha value is 0.972. The van der Waals surface area contributed by atoms with Crippen LogP contribution in [0, 0.1) is 24.3 Å². The zero-order chi connectivity index (χ0) is 12.2. The molecule has 0 heterocycles. The van der Waals surface area contributed by atoms with Gasteiger partial charge in [0.2, 0.25) is 0 Å². The van der Waals surface area contributed by atoms with E-state index in [1.54, 1.807) is 0 Å². The fourth-order valence-electron chi connectivity index (χ4n) is 1.92. The van der Waals surface area contributed by atoms with Gasteiger partial charge < -0.3 is 0 Å². The summed E-state index contributed by atoms with van der Waals surface area (Å²) in [6.07, 6.45) is 0. The smallest absolute Gasteiger partial charge is 0 e. The Balaban J connectivity index is 0.00000133. The van der Waals surface area contributed by atoms with Crippen molar-refractivity contribution in [3.63, 3.8) is 0 Å². The molecule has 3 rings (SSSR count). The van der Waals surface area contributed by atoms with E-state index in [9.17, 15) is 0 Å². The van der Waals surface area contributed by atoms with Gasteiger partial charge in [0.15, 0.2) is 0 Å². The molecule has 0 saturated heterocycles. The number of hydrogen-bond acceptors (Lipinski definition) is 0. The van der Waals surface area contributed by atoms with Gasteiger partial charge >= 0.3 is 0 Å². The zero-order valence-electron chi connectivity index (χ0n) is 11.5. The van der Waals surface area contributed by atoms with Crippen molar-refractivity contribution < 1.29 is 98.1 Å². The molecule has 3 radical (unpaired) electrons. The van der Waals surface area contributed by atoms with Crippen LogP contribution in [0.5, 0.6) is 0 Å². The Labute approximate surface area is 202 Å². The molecule has 0 atom stereocenters. The van der Waals surface area contributed by atoms with E-state index in [1.807, 2.05) is 60.7 Å². The van der Waals surface area contributed by atoms with Gasteiger partial charge in [0.1, 0.15) is 0 Å². The maximum atomic E-state index is 3.27. The molecule has 0 aliphatic heterocycles. The summed E-state index contributed by atoms with van der Waals surface area (Å²) in [5.74, 6) is 0. The fourth-order valence-corrected chi connectivity index (χ4v) is 1.92. The predicted molar refractivity (Wildman–Crippen MR) is 72.7 cm³/mol. The maximum absolute atomic E-state index is 3.27. The van der Waals surface area contributed by atoms with Gasteiger partial charge in [-0.05, 0) is 0 Å². The molecule has 0 aliphatic rings. The first-order chi connectivity index (χ1) is 8.95. The zero-order valence-corrected chi connectivity index (χ0v) is 20.0. The molecule has 0 bridgehead atoms. The van der Waals surface area contributed by atoms with E-state index in [2.05, 4.69) is 24.3 Å². The molecule has 3 aromatic rings. The first-order valence-corrected chi connectivity index (χ1v) is 5.82. The van der Waals surface area contributed by atoms with Crippen molar-refractivity contribution in [2.45, 2.75) is 0 Å². The molecule has 0 nitrogen and oxygen atoms in total. The van der Waals surface area contributed by atoms with Gasteiger partial charge in [-0.25, -0.2) is 46.5 Å². The third-order valence-corrected chi connectivity index (χ3v) is 2.75. The van der Waals surface area contributed by atoms with Crippen LogP contribution in [0.15, 0.2) is 60.7 Å². The van der Waals surface area contributed by atoms with Crippen LogP contribution in [0.1, 0.15) is 0 Å². The van der Waals surface area contributed by atoms with E-state index in [1.165, 1.54) is 0 Å². The summed E-state index contributed by atoms with van der Waals surface area (Å²) in [4.78, 5) is 0. The molecule has 0 fully saturated rings. The van der Waals surface area contributed by atoms with Crippen LogP contribution in [0.2, 0.25) is 0 Å². The topological polar surface area (TPSA) is 0 Å². The molecule has 0 aliphatic carbocycles. The van der Waals surface area contributed by atoms with Crippen LogP contribution in [-0.2, 0) is 98.1 Å². The van der Waals surface area contributed by atoms with E-state index in [4.69, 9.17) is 0 Å². The molecule has 0 aromatic heterocycles. The third-order valence-electron chi connectivity index (χ3n) is 2.75. The molecule has 0 N–H and O–H groups in total. The Kier molecular flexibility index (Phi) is 12.0. The van der Waals surface area contributed by atoms with Gasteiger partial charge in [-0.1, -0.05) is 0 Å². The minimum absolute atomic E-state index is 0. The summed E-state index contributed by atoms with van der Waals surface area (Å²) < 4.78 is 0. The van der Waals surface area contributed by atoms with Gasteiger partial charge in [0, 0.05) is 98.1 Å². The van der Waals surface area contributed by atoms with Crippen molar-refractivity contribution in [2.75, 3.05) is 0 Å². The molecular weight excluding hydrogens is 483 g/mol. The predicted octanol–water partition coefficient (Wildman–Crippen LogP) is 4.21. The van der Waals surface area contributed by atoms with Crippen LogP contribution >= 0.6 is 0 Å². The van der Waals surface area contributed by atoms with E-state index >= 15 is 0 Å². The molecular formula is C18H10Y3-4. The molecule has 0 unspecified atom stereocenters. The standard InChI is InChI=1S/C18H10.3Y/c1-3-9-15(10-4-1)17-13-7-8-14-18(17)16-11-5-2-6-12-16;;;/h1-9,11H;;;/q-4;;;. The number of hydrogen-bond donors (Lipinski definition) is 0. The molecule has 0 spiro atoms. The monoisotopic (exact) mass is 493 g/mol. The number of rotatable bonds is 2. The van der Waals surface area contributed by atoms with Crippen molar-refractivity contribution in [2.24, 2.45) is 0 Å². The Morgan fingerprint density at radius 2 is 0.905 bits per heavy atom. The first kappa shape index (κ1) is 22.0. The molecule has 0 amide bonds. The van der Waals surface area contributed by atoms with Crippen LogP contribution < -0.4 is 0 Å². The fraction of sp³-hybridized carbons (Fsp3) is 0. The van der Waals surface area contributed by atoms with Crippen molar-refractivity contribution in [1.29, 1.82) is 0 Å². The minimum atomic E-state index is 0. The SMILES string of the molecule is [Y].[Y].[Y].[c-]1ccccc1-c1[c-]cc[c-]c1-c1[c-]cccc1. The Bertz CT molecular complexity index is 578. The summed E-state index contributed by atoms with van der Waals surface area (Å²) in [6, 6.07) is 32.6. The second-order valence-electron chi connectivity index (χ2n) is 3.92. The normalized spacial score (nSPS) is 8.76. The van der Waals surface area contributed by atoms with Crippen molar-refractivity contribution in [3.8, 4) is 22.3 Å². The summed E-state index contributed by atoms with van der Waals surface area (Å²) in [6.45, 7) is 0. The van der Waals surface area contributed by atoms with Gasteiger partial charge in [-0.15, -0.1) is 12.1 Å². The Morgan fingerprint density at radius 1 is 0.476 bits per heavy atom. The van der Waals surface area contributed by atoms with Crippen LogP contribution in [0.4, 0.5) is 0 Å². The average Bonchev–Trinajstić information content (AvgIpc) is 2.49. The summed E-state index contributed by atoms with van der Waals surface area (Å²) >= 11 is 0. The molecule has 0 saturated carbocycles. The van der Waals surface area contributed by atoms with Crippen molar-refractivity contribution in [3.05, 3.63) is 84.9 Å². The van der Waals surface area contributed by atoms with Crippen LogP contribution in [-0.4, -0.2) is 0 Å². The quantitative estimate of drug-likeness (QED) is 0.470. The van der Waals surface area contributed by atoms with E-state index in [-0.39, 0.29) is 98.1 Å². The van der Waals surface area contributed by atoms with E-state index < -0.39 is 0 Å². The average molecular weight is 493 g/mol. The van der Waals surface area contributed by atoms with Gasteiger partial charge in [-0.2, -0.15) is 48.5 Å². The molecule has 95 valence electrons. The van der Waals surface area contributed by atoms with Gasteiger partial charge in [-0.3, -0.25) is 0 Å². The summed E-state index contributed by atoms with van der Waals surface area (Å²) in [7, 11) is 0.